The van der Waals surface area contributed by atoms with E-state index < -0.39 is 5.54 Å². The molecule has 0 saturated carbocycles. The predicted molar refractivity (Wildman–Crippen MR) is 85.3 cm³/mol. The molecule has 1 atom stereocenters. The van der Waals surface area contributed by atoms with Crippen LogP contribution in [0.25, 0.3) is 0 Å². The maximum Gasteiger partial charge on any atom is 0.0854 e. The first-order valence-corrected chi connectivity index (χ1v) is 7.20. The van der Waals surface area contributed by atoms with Gasteiger partial charge in [-0.25, -0.2) is 0 Å². The fourth-order valence-corrected chi connectivity index (χ4v) is 2.47. The lowest BCUT2D eigenvalue weighted by Crippen LogP contribution is -2.38. The summed E-state index contributed by atoms with van der Waals surface area (Å²) in [4.78, 5) is 0. The minimum absolute atomic E-state index is 0.0272. The van der Waals surface area contributed by atoms with Crippen LogP contribution in [0.5, 0.6) is 0 Å². The molecule has 0 amide bonds. The van der Waals surface area contributed by atoms with Crippen molar-refractivity contribution in [2.75, 3.05) is 11.9 Å². The van der Waals surface area contributed by atoms with Crippen LogP contribution in [0, 0.1) is 6.92 Å². The van der Waals surface area contributed by atoms with Crippen LogP contribution in [-0.2, 0) is 5.54 Å². The third-order valence-electron chi connectivity index (χ3n) is 3.79. The van der Waals surface area contributed by atoms with Crippen LogP contribution >= 0.6 is 11.6 Å². The molecule has 0 spiro atoms. The number of para-hydroxylation sites is 1. The molecule has 2 nitrogen and oxygen atoms in total. The van der Waals surface area contributed by atoms with Crippen LogP contribution < -0.4 is 5.32 Å². The van der Waals surface area contributed by atoms with Gasteiger partial charge in [0, 0.05) is 10.7 Å². The highest BCUT2D eigenvalue weighted by Crippen LogP contribution is 2.31. The van der Waals surface area contributed by atoms with E-state index in [1.165, 1.54) is 0 Å². The van der Waals surface area contributed by atoms with Crippen LogP contribution in [0.3, 0.4) is 0 Å². The second-order valence-electron chi connectivity index (χ2n) is 5.04. The molecule has 20 heavy (non-hydrogen) atoms. The molecular weight excluding hydrogens is 270 g/mol. The Morgan fingerprint density at radius 1 is 1.10 bits per heavy atom. The molecule has 0 fully saturated rings. The zero-order chi connectivity index (χ0) is 14.6. The van der Waals surface area contributed by atoms with Crippen molar-refractivity contribution in [2.24, 2.45) is 0 Å². The summed E-state index contributed by atoms with van der Waals surface area (Å²) in [6.45, 7) is 4.15. The van der Waals surface area contributed by atoms with Gasteiger partial charge in [0.15, 0.2) is 0 Å². The van der Waals surface area contributed by atoms with Gasteiger partial charge in [0.2, 0.25) is 0 Å². The van der Waals surface area contributed by atoms with Gasteiger partial charge in [-0.2, -0.15) is 0 Å². The Bertz CT molecular complexity index is 561. The average molecular weight is 290 g/mol. The Morgan fingerprint density at radius 3 is 2.30 bits per heavy atom. The van der Waals surface area contributed by atoms with E-state index in [9.17, 15) is 5.11 Å². The van der Waals surface area contributed by atoms with Gasteiger partial charge in [-0.3, -0.25) is 0 Å². The highest BCUT2D eigenvalue weighted by Gasteiger charge is 2.29. The summed E-state index contributed by atoms with van der Waals surface area (Å²) in [5, 5.41) is 14.2. The van der Waals surface area contributed by atoms with Gasteiger partial charge in [0.1, 0.15) is 0 Å². The third-order valence-corrected chi connectivity index (χ3v) is 4.04. The number of rotatable bonds is 5. The summed E-state index contributed by atoms with van der Waals surface area (Å²) in [6, 6.07) is 15.7. The van der Waals surface area contributed by atoms with Gasteiger partial charge in [-0.1, -0.05) is 48.9 Å². The number of aryl methyl sites for hydroxylation is 1. The molecule has 106 valence electrons. The van der Waals surface area contributed by atoms with Crippen molar-refractivity contribution in [3.8, 4) is 0 Å². The van der Waals surface area contributed by atoms with Crippen molar-refractivity contribution in [3.63, 3.8) is 0 Å². The van der Waals surface area contributed by atoms with Gasteiger partial charge >= 0.3 is 0 Å². The molecule has 1 unspecified atom stereocenters. The van der Waals surface area contributed by atoms with Gasteiger partial charge < -0.3 is 10.4 Å². The predicted octanol–water partition coefficient (Wildman–Crippen LogP) is 4.36. The van der Waals surface area contributed by atoms with Crippen LogP contribution in [0.2, 0.25) is 5.02 Å². The van der Waals surface area contributed by atoms with E-state index in [1.54, 1.807) is 0 Å². The average Bonchev–Trinajstić information content (AvgIpc) is 2.48. The Balaban J connectivity index is 2.39. The summed E-state index contributed by atoms with van der Waals surface area (Å²) in [6.07, 6.45) is 0.777. The van der Waals surface area contributed by atoms with E-state index in [1.807, 2.05) is 42.5 Å². The molecular formula is C17H20ClNO. The molecule has 0 heterocycles. The monoisotopic (exact) mass is 289 g/mol. The van der Waals surface area contributed by atoms with Crippen LogP contribution in [0.1, 0.15) is 24.5 Å². The first kappa shape index (κ1) is 14.9. The lowest BCUT2D eigenvalue weighted by atomic mass is 9.87. The Kier molecular flexibility index (Phi) is 4.69. The van der Waals surface area contributed by atoms with E-state index in [4.69, 9.17) is 11.6 Å². The van der Waals surface area contributed by atoms with Crippen molar-refractivity contribution >= 4 is 17.3 Å². The van der Waals surface area contributed by atoms with Crippen molar-refractivity contribution in [2.45, 2.75) is 25.8 Å². The van der Waals surface area contributed by atoms with E-state index in [2.05, 4.69) is 25.2 Å². The second kappa shape index (κ2) is 6.29. The van der Waals surface area contributed by atoms with Crippen LogP contribution in [0.4, 0.5) is 5.69 Å². The number of hydrogen-bond acceptors (Lipinski definition) is 2. The number of anilines is 1. The van der Waals surface area contributed by atoms with Gasteiger partial charge in [-0.05, 0) is 42.7 Å². The minimum Gasteiger partial charge on any atom is -0.394 e. The third kappa shape index (κ3) is 2.97. The Labute approximate surface area is 125 Å². The minimum atomic E-state index is -0.489. The SMILES string of the molecule is CCC(CO)(Nc1ccccc1C)c1ccc(Cl)cc1. The van der Waals surface area contributed by atoms with Crippen molar-refractivity contribution in [1.29, 1.82) is 0 Å². The smallest absolute Gasteiger partial charge is 0.0854 e. The summed E-state index contributed by atoms with van der Waals surface area (Å²) >= 11 is 5.95. The quantitative estimate of drug-likeness (QED) is 0.857. The molecule has 0 aliphatic heterocycles. The molecule has 0 bridgehead atoms. The molecule has 0 radical (unpaired) electrons. The van der Waals surface area contributed by atoms with Crippen molar-refractivity contribution in [1.82, 2.24) is 0 Å². The maximum atomic E-state index is 9.96. The summed E-state index contributed by atoms with van der Waals surface area (Å²) < 4.78 is 0. The lowest BCUT2D eigenvalue weighted by Gasteiger charge is -2.34. The largest absolute Gasteiger partial charge is 0.394 e. The molecule has 2 N–H and O–H groups in total. The topological polar surface area (TPSA) is 32.3 Å². The molecule has 0 aromatic heterocycles. The zero-order valence-corrected chi connectivity index (χ0v) is 12.6. The van der Waals surface area contributed by atoms with E-state index in [0.29, 0.717) is 5.02 Å². The molecule has 0 aliphatic rings. The van der Waals surface area contributed by atoms with Gasteiger partial charge in [0.25, 0.3) is 0 Å². The summed E-state index contributed by atoms with van der Waals surface area (Å²) in [5.74, 6) is 0. The van der Waals surface area contributed by atoms with Crippen molar-refractivity contribution < 1.29 is 5.11 Å². The standard InChI is InChI=1S/C17H20ClNO/c1-3-17(12-20,14-8-10-15(18)11-9-14)19-16-7-5-4-6-13(16)2/h4-11,19-20H,3,12H2,1-2H3. The number of aliphatic hydroxyl groups excluding tert-OH is 1. The first-order valence-electron chi connectivity index (χ1n) is 6.82. The van der Waals surface area contributed by atoms with Gasteiger partial charge in [-0.15, -0.1) is 0 Å². The van der Waals surface area contributed by atoms with Gasteiger partial charge in [0.05, 0.1) is 12.1 Å². The normalized spacial score (nSPS) is 13.8. The van der Waals surface area contributed by atoms with Crippen molar-refractivity contribution in [3.05, 3.63) is 64.7 Å². The number of benzene rings is 2. The second-order valence-corrected chi connectivity index (χ2v) is 5.48. The summed E-state index contributed by atoms with van der Waals surface area (Å²) in [7, 11) is 0. The van der Waals surface area contributed by atoms with E-state index in [-0.39, 0.29) is 6.61 Å². The first-order chi connectivity index (χ1) is 9.61. The molecule has 3 heteroatoms. The number of aliphatic hydroxyl groups is 1. The number of hydrogen-bond donors (Lipinski definition) is 2. The maximum absolute atomic E-state index is 9.96. The van der Waals surface area contributed by atoms with Crippen LogP contribution in [-0.4, -0.2) is 11.7 Å². The highest BCUT2D eigenvalue weighted by atomic mass is 35.5. The molecule has 2 aromatic carbocycles. The zero-order valence-electron chi connectivity index (χ0n) is 11.9. The van der Waals surface area contributed by atoms with E-state index >= 15 is 0 Å². The number of nitrogens with one attached hydrogen (secondary N) is 1. The van der Waals surface area contributed by atoms with E-state index in [0.717, 1.165) is 23.2 Å². The van der Waals surface area contributed by atoms with Crippen LogP contribution in [0.15, 0.2) is 48.5 Å². The Hall–Kier alpha value is -1.51. The fraction of sp³-hybridized carbons (Fsp3) is 0.294. The lowest BCUT2D eigenvalue weighted by molar-refractivity contribution is 0.207. The highest BCUT2D eigenvalue weighted by molar-refractivity contribution is 6.30. The Morgan fingerprint density at radius 2 is 1.75 bits per heavy atom. The summed E-state index contributed by atoms with van der Waals surface area (Å²) in [5.41, 5.74) is 2.75. The molecule has 0 saturated heterocycles. The molecule has 0 aliphatic carbocycles. The molecule has 2 rings (SSSR count). The molecule has 2 aromatic rings. The number of halogens is 1. The fourth-order valence-electron chi connectivity index (χ4n) is 2.35.